The lowest BCUT2D eigenvalue weighted by molar-refractivity contribution is 0.0365. The molecule has 3 rings (SSSR count). The molecule has 0 amide bonds. The predicted octanol–water partition coefficient (Wildman–Crippen LogP) is 3.08. The van der Waals surface area contributed by atoms with Crippen molar-refractivity contribution in [3.8, 4) is 0 Å². The van der Waals surface area contributed by atoms with Gasteiger partial charge in [0, 0.05) is 31.2 Å². The minimum atomic E-state index is 0.452. The fourth-order valence-corrected chi connectivity index (χ4v) is 3.60. The Morgan fingerprint density at radius 3 is 2.79 bits per heavy atom. The van der Waals surface area contributed by atoms with Crippen molar-refractivity contribution in [1.82, 2.24) is 9.80 Å². The molecule has 0 radical (unpaired) electrons. The van der Waals surface area contributed by atoms with Crippen LogP contribution in [-0.4, -0.2) is 41.5 Å². The van der Waals surface area contributed by atoms with E-state index in [0.717, 1.165) is 6.04 Å². The standard InChI is InChI=1S/C17H24N2/c1-3-14(2)19-12-16-10-7-11-18(16)13-17(19)15-8-5-4-6-9-15/h3-6,8-9,14,16-17H,1,7,10-13H2,2H3. The van der Waals surface area contributed by atoms with Crippen LogP contribution in [0.15, 0.2) is 43.0 Å². The molecular weight excluding hydrogens is 232 g/mol. The maximum absolute atomic E-state index is 3.99. The SMILES string of the molecule is C=CC(C)N1CC2CCCN2CC1c1ccccc1. The third kappa shape index (κ3) is 2.47. The van der Waals surface area contributed by atoms with Crippen LogP contribution in [0.4, 0.5) is 0 Å². The third-order valence-electron chi connectivity index (χ3n) is 4.78. The van der Waals surface area contributed by atoms with Crippen molar-refractivity contribution in [1.29, 1.82) is 0 Å². The van der Waals surface area contributed by atoms with E-state index >= 15 is 0 Å². The van der Waals surface area contributed by atoms with Crippen LogP contribution in [-0.2, 0) is 0 Å². The van der Waals surface area contributed by atoms with Gasteiger partial charge in [0.05, 0.1) is 0 Å². The Morgan fingerprint density at radius 1 is 1.26 bits per heavy atom. The van der Waals surface area contributed by atoms with Crippen LogP contribution < -0.4 is 0 Å². The van der Waals surface area contributed by atoms with Crippen LogP contribution in [0.25, 0.3) is 0 Å². The largest absolute Gasteiger partial charge is 0.297 e. The molecule has 2 aliphatic heterocycles. The van der Waals surface area contributed by atoms with Gasteiger partial charge in [0.15, 0.2) is 0 Å². The summed E-state index contributed by atoms with van der Waals surface area (Å²) in [5.74, 6) is 0. The molecule has 0 aliphatic carbocycles. The summed E-state index contributed by atoms with van der Waals surface area (Å²) in [7, 11) is 0. The van der Waals surface area contributed by atoms with Gasteiger partial charge in [0.1, 0.15) is 0 Å². The first-order valence-corrected chi connectivity index (χ1v) is 7.47. The molecule has 2 saturated heterocycles. The average Bonchev–Trinajstić information content (AvgIpc) is 2.93. The highest BCUT2D eigenvalue weighted by atomic mass is 15.3. The van der Waals surface area contributed by atoms with Crippen molar-refractivity contribution in [2.24, 2.45) is 0 Å². The molecule has 0 bridgehead atoms. The van der Waals surface area contributed by atoms with Gasteiger partial charge in [-0.25, -0.2) is 0 Å². The normalized spacial score (nSPS) is 29.9. The Morgan fingerprint density at radius 2 is 2.05 bits per heavy atom. The number of hydrogen-bond donors (Lipinski definition) is 0. The van der Waals surface area contributed by atoms with Crippen molar-refractivity contribution in [2.75, 3.05) is 19.6 Å². The summed E-state index contributed by atoms with van der Waals surface area (Å²) in [5.41, 5.74) is 1.45. The molecule has 102 valence electrons. The molecule has 1 aromatic rings. The van der Waals surface area contributed by atoms with Gasteiger partial charge < -0.3 is 0 Å². The highest BCUT2D eigenvalue weighted by Crippen LogP contribution is 2.33. The summed E-state index contributed by atoms with van der Waals surface area (Å²) in [4.78, 5) is 5.32. The molecule has 2 heteroatoms. The van der Waals surface area contributed by atoms with Crippen molar-refractivity contribution in [3.05, 3.63) is 48.6 Å². The zero-order valence-electron chi connectivity index (χ0n) is 11.8. The molecule has 1 aromatic carbocycles. The molecule has 2 aliphatic rings. The molecule has 0 spiro atoms. The Labute approximate surface area is 116 Å². The number of fused-ring (bicyclic) bond motifs is 1. The van der Waals surface area contributed by atoms with Gasteiger partial charge in [0.2, 0.25) is 0 Å². The quantitative estimate of drug-likeness (QED) is 0.767. The Kier molecular flexibility index (Phi) is 3.72. The fourth-order valence-electron chi connectivity index (χ4n) is 3.60. The number of rotatable bonds is 3. The second-order valence-electron chi connectivity index (χ2n) is 5.89. The van der Waals surface area contributed by atoms with E-state index in [-0.39, 0.29) is 0 Å². The zero-order chi connectivity index (χ0) is 13.2. The zero-order valence-corrected chi connectivity index (χ0v) is 11.8. The molecule has 0 N–H and O–H groups in total. The van der Waals surface area contributed by atoms with E-state index in [9.17, 15) is 0 Å². The van der Waals surface area contributed by atoms with Crippen LogP contribution >= 0.6 is 0 Å². The molecule has 0 saturated carbocycles. The molecule has 2 nitrogen and oxygen atoms in total. The highest BCUT2D eigenvalue weighted by molar-refractivity contribution is 5.21. The van der Waals surface area contributed by atoms with Crippen LogP contribution in [0, 0.1) is 0 Å². The Balaban J connectivity index is 1.87. The molecule has 19 heavy (non-hydrogen) atoms. The van der Waals surface area contributed by atoms with E-state index in [1.165, 1.54) is 38.0 Å². The summed E-state index contributed by atoms with van der Waals surface area (Å²) < 4.78 is 0. The van der Waals surface area contributed by atoms with E-state index in [0.29, 0.717) is 12.1 Å². The minimum Gasteiger partial charge on any atom is -0.297 e. The van der Waals surface area contributed by atoms with Crippen LogP contribution in [0.3, 0.4) is 0 Å². The van der Waals surface area contributed by atoms with Gasteiger partial charge >= 0.3 is 0 Å². The van der Waals surface area contributed by atoms with E-state index in [1.54, 1.807) is 0 Å². The van der Waals surface area contributed by atoms with Gasteiger partial charge in [-0.15, -0.1) is 6.58 Å². The van der Waals surface area contributed by atoms with Gasteiger partial charge in [-0.3, -0.25) is 9.80 Å². The first-order valence-electron chi connectivity index (χ1n) is 7.47. The first-order chi connectivity index (χ1) is 9.29. The topological polar surface area (TPSA) is 6.48 Å². The minimum absolute atomic E-state index is 0.452. The van der Waals surface area contributed by atoms with Crippen molar-refractivity contribution < 1.29 is 0 Å². The highest BCUT2D eigenvalue weighted by Gasteiger charge is 2.37. The number of benzene rings is 1. The smallest absolute Gasteiger partial charge is 0.0481 e. The molecule has 2 fully saturated rings. The van der Waals surface area contributed by atoms with Crippen molar-refractivity contribution >= 4 is 0 Å². The number of hydrogen-bond acceptors (Lipinski definition) is 2. The van der Waals surface area contributed by atoms with Gasteiger partial charge in [-0.2, -0.15) is 0 Å². The van der Waals surface area contributed by atoms with E-state index in [4.69, 9.17) is 0 Å². The molecule has 2 heterocycles. The summed E-state index contributed by atoms with van der Waals surface area (Å²) in [6.07, 6.45) is 4.81. The molecule has 3 atom stereocenters. The lowest BCUT2D eigenvalue weighted by atomic mass is 9.98. The summed E-state index contributed by atoms with van der Waals surface area (Å²) in [5, 5.41) is 0. The number of piperazine rings is 1. The van der Waals surface area contributed by atoms with Crippen LogP contribution in [0.2, 0.25) is 0 Å². The predicted molar refractivity (Wildman–Crippen MR) is 80.1 cm³/mol. The van der Waals surface area contributed by atoms with Crippen molar-refractivity contribution in [2.45, 2.75) is 37.9 Å². The first kappa shape index (κ1) is 12.9. The maximum Gasteiger partial charge on any atom is 0.0481 e. The summed E-state index contributed by atoms with van der Waals surface area (Å²) >= 11 is 0. The third-order valence-corrected chi connectivity index (χ3v) is 4.78. The van der Waals surface area contributed by atoms with Gasteiger partial charge in [-0.05, 0) is 31.9 Å². The Hall–Kier alpha value is -1.12. The maximum atomic E-state index is 3.99. The average molecular weight is 256 g/mol. The Bertz CT molecular complexity index is 428. The lowest BCUT2D eigenvalue weighted by Gasteiger charge is -2.46. The summed E-state index contributed by atoms with van der Waals surface area (Å²) in [6.45, 7) is 9.91. The monoisotopic (exact) mass is 256 g/mol. The van der Waals surface area contributed by atoms with Crippen molar-refractivity contribution in [3.63, 3.8) is 0 Å². The van der Waals surface area contributed by atoms with E-state index in [1.807, 2.05) is 0 Å². The van der Waals surface area contributed by atoms with Gasteiger partial charge in [0.25, 0.3) is 0 Å². The van der Waals surface area contributed by atoms with E-state index < -0.39 is 0 Å². The summed E-state index contributed by atoms with van der Waals surface area (Å²) in [6, 6.07) is 12.7. The fraction of sp³-hybridized carbons (Fsp3) is 0.529. The molecule has 3 unspecified atom stereocenters. The van der Waals surface area contributed by atoms with Crippen LogP contribution in [0.5, 0.6) is 0 Å². The van der Waals surface area contributed by atoms with E-state index in [2.05, 4.69) is 59.7 Å². The second kappa shape index (κ2) is 5.48. The van der Waals surface area contributed by atoms with Gasteiger partial charge in [-0.1, -0.05) is 36.4 Å². The molecular formula is C17H24N2. The lowest BCUT2D eigenvalue weighted by Crippen LogP contribution is -2.54. The van der Waals surface area contributed by atoms with Crippen LogP contribution in [0.1, 0.15) is 31.4 Å². The number of nitrogens with zero attached hydrogens (tertiary/aromatic N) is 2. The second-order valence-corrected chi connectivity index (χ2v) is 5.89. The molecule has 0 aromatic heterocycles.